The van der Waals surface area contributed by atoms with Gasteiger partial charge in [0.1, 0.15) is 0 Å². The molecule has 4 N–H and O–H groups in total. The molecular weight excluding hydrogens is 186 g/mol. The van der Waals surface area contributed by atoms with Gasteiger partial charge in [-0.25, -0.2) is 0 Å². The van der Waals surface area contributed by atoms with Crippen LogP contribution in [0.25, 0.3) is 0 Å². The number of hydrogen-bond acceptors (Lipinski definition) is 4. The third-order valence-electron chi connectivity index (χ3n) is 1.82. The number of rotatable bonds is 3. The number of nitrogens with zero attached hydrogens (tertiary/aromatic N) is 1. The molecule has 0 spiro atoms. The molecule has 0 saturated carbocycles. The van der Waals surface area contributed by atoms with Crippen LogP contribution < -0.4 is 11.5 Å². The maximum absolute atomic E-state index is 10.9. The average molecular weight is 195 g/mol. The van der Waals surface area contributed by atoms with E-state index in [1.54, 1.807) is 0 Å². The summed E-state index contributed by atoms with van der Waals surface area (Å²) >= 11 is 0. The molecule has 0 heterocycles. The monoisotopic (exact) mass is 195 g/mol. The Hall–Kier alpha value is -1.95. The molecule has 74 valence electrons. The Balaban J connectivity index is 3.39. The fraction of sp³-hybridized carbons (Fsp3) is 0.125. The molecule has 1 aromatic rings. The van der Waals surface area contributed by atoms with Crippen LogP contribution in [0.5, 0.6) is 0 Å². The molecule has 0 aliphatic heterocycles. The van der Waals surface area contributed by atoms with E-state index in [2.05, 4.69) is 0 Å². The summed E-state index contributed by atoms with van der Waals surface area (Å²) in [5.74, 6) is -0.714. The second-order valence-electron chi connectivity index (χ2n) is 2.63. The zero-order valence-corrected chi connectivity index (χ0v) is 7.27. The zero-order valence-electron chi connectivity index (χ0n) is 7.27. The van der Waals surface area contributed by atoms with Crippen molar-refractivity contribution >= 4 is 11.6 Å². The van der Waals surface area contributed by atoms with Gasteiger partial charge in [0, 0.05) is 12.6 Å². The molecule has 0 aliphatic rings. The second-order valence-corrected chi connectivity index (χ2v) is 2.63. The van der Waals surface area contributed by atoms with Crippen molar-refractivity contribution in [3.8, 4) is 0 Å². The van der Waals surface area contributed by atoms with Crippen LogP contribution in [0.4, 0.5) is 5.69 Å². The lowest BCUT2D eigenvalue weighted by Gasteiger charge is -2.03. The van der Waals surface area contributed by atoms with Crippen LogP contribution in [0.2, 0.25) is 0 Å². The molecule has 0 radical (unpaired) electrons. The van der Waals surface area contributed by atoms with Gasteiger partial charge < -0.3 is 11.5 Å². The molecule has 6 nitrogen and oxygen atoms in total. The Morgan fingerprint density at radius 1 is 1.50 bits per heavy atom. The van der Waals surface area contributed by atoms with Gasteiger partial charge in [-0.15, -0.1) is 0 Å². The molecular formula is C8H9N3O3. The largest absolute Gasteiger partial charge is 0.366 e. The molecule has 0 bridgehead atoms. The van der Waals surface area contributed by atoms with Crippen LogP contribution in [-0.4, -0.2) is 10.8 Å². The first-order valence-electron chi connectivity index (χ1n) is 3.84. The molecule has 0 saturated heterocycles. The van der Waals surface area contributed by atoms with E-state index in [-0.39, 0.29) is 23.4 Å². The normalized spacial score (nSPS) is 9.79. The lowest BCUT2D eigenvalue weighted by molar-refractivity contribution is -0.385. The smallest absolute Gasteiger partial charge is 0.274 e. The van der Waals surface area contributed by atoms with Crippen molar-refractivity contribution in [1.82, 2.24) is 0 Å². The number of nitro groups is 1. The van der Waals surface area contributed by atoms with Gasteiger partial charge in [-0.3, -0.25) is 14.9 Å². The Bertz CT molecular complexity index is 357. The topological polar surface area (TPSA) is 112 Å². The van der Waals surface area contributed by atoms with Crippen LogP contribution in [0.1, 0.15) is 15.9 Å². The molecule has 0 aromatic heterocycles. The minimum absolute atomic E-state index is 0.0879. The van der Waals surface area contributed by atoms with Crippen molar-refractivity contribution in [1.29, 1.82) is 0 Å². The highest BCUT2D eigenvalue weighted by Gasteiger charge is 2.18. The van der Waals surface area contributed by atoms with Crippen LogP contribution in [-0.2, 0) is 6.54 Å². The molecule has 1 rings (SSSR count). The summed E-state index contributed by atoms with van der Waals surface area (Å²) in [4.78, 5) is 20.9. The molecule has 0 atom stereocenters. The minimum Gasteiger partial charge on any atom is -0.366 e. The number of primary amides is 1. The molecule has 1 aromatic carbocycles. The van der Waals surface area contributed by atoms with Crippen molar-refractivity contribution < 1.29 is 9.72 Å². The summed E-state index contributed by atoms with van der Waals surface area (Å²) in [5, 5.41) is 10.6. The van der Waals surface area contributed by atoms with Gasteiger partial charge in [0.15, 0.2) is 0 Å². The number of hydrogen-bond donors (Lipinski definition) is 2. The average Bonchev–Trinajstić information content (AvgIpc) is 2.16. The highest BCUT2D eigenvalue weighted by atomic mass is 16.6. The lowest BCUT2D eigenvalue weighted by atomic mass is 10.1. The van der Waals surface area contributed by atoms with Crippen LogP contribution in [0, 0.1) is 10.1 Å². The number of amides is 1. The molecule has 0 aliphatic carbocycles. The molecule has 6 heteroatoms. The number of carbonyl (C=O) groups excluding carboxylic acids is 1. The molecule has 0 fully saturated rings. The predicted molar refractivity (Wildman–Crippen MR) is 49.5 cm³/mol. The van der Waals surface area contributed by atoms with E-state index in [0.717, 1.165) is 0 Å². The van der Waals surface area contributed by atoms with Gasteiger partial charge in [-0.2, -0.15) is 0 Å². The summed E-state index contributed by atoms with van der Waals surface area (Å²) in [5.41, 5.74) is 10.4. The van der Waals surface area contributed by atoms with Crippen LogP contribution >= 0.6 is 0 Å². The highest BCUT2D eigenvalue weighted by molar-refractivity contribution is 5.95. The number of nitro benzene ring substituents is 1. The Morgan fingerprint density at radius 2 is 2.14 bits per heavy atom. The van der Waals surface area contributed by atoms with Crippen molar-refractivity contribution in [2.75, 3.05) is 0 Å². The third-order valence-corrected chi connectivity index (χ3v) is 1.82. The summed E-state index contributed by atoms with van der Waals surface area (Å²) in [6.07, 6.45) is 0. The van der Waals surface area contributed by atoms with Crippen LogP contribution in [0.15, 0.2) is 18.2 Å². The van der Waals surface area contributed by atoms with Crippen LogP contribution in [0.3, 0.4) is 0 Å². The number of carbonyl (C=O) groups is 1. The van der Waals surface area contributed by atoms with Gasteiger partial charge >= 0.3 is 0 Å². The van der Waals surface area contributed by atoms with Crippen molar-refractivity contribution in [3.05, 3.63) is 39.4 Å². The van der Waals surface area contributed by atoms with Gasteiger partial charge in [0.05, 0.1) is 16.1 Å². The summed E-state index contributed by atoms with van der Waals surface area (Å²) in [7, 11) is 0. The van der Waals surface area contributed by atoms with Crippen molar-refractivity contribution in [2.24, 2.45) is 11.5 Å². The van der Waals surface area contributed by atoms with E-state index < -0.39 is 10.8 Å². The number of nitrogens with two attached hydrogens (primary N) is 2. The Labute approximate surface area is 79.7 Å². The van der Waals surface area contributed by atoms with Crippen molar-refractivity contribution in [2.45, 2.75) is 6.54 Å². The van der Waals surface area contributed by atoms with E-state index in [1.165, 1.54) is 18.2 Å². The van der Waals surface area contributed by atoms with E-state index >= 15 is 0 Å². The van der Waals surface area contributed by atoms with Gasteiger partial charge in [0.2, 0.25) is 5.91 Å². The number of benzene rings is 1. The predicted octanol–water partition coefficient (Wildman–Crippen LogP) is 0.152. The quantitative estimate of drug-likeness (QED) is 0.528. The summed E-state index contributed by atoms with van der Waals surface area (Å²) in [6.45, 7) is -0.0879. The lowest BCUT2D eigenvalue weighted by Crippen LogP contribution is -2.16. The SMILES string of the molecule is NCc1c(C(N)=O)cccc1[N+](=O)[O-]. The second kappa shape index (κ2) is 3.84. The molecule has 14 heavy (non-hydrogen) atoms. The maximum atomic E-state index is 10.9. The van der Waals surface area contributed by atoms with E-state index in [1.807, 2.05) is 0 Å². The minimum atomic E-state index is -0.714. The first kappa shape index (κ1) is 10.1. The first-order valence-corrected chi connectivity index (χ1v) is 3.84. The van der Waals surface area contributed by atoms with E-state index in [4.69, 9.17) is 11.5 Å². The zero-order chi connectivity index (χ0) is 10.7. The highest BCUT2D eigenvalue weighted by Crippen LogP contribution is 2.21. The maximum Gasteiger partial charge on any atom is 0.274 e. The van der Waals surface area contributed by atoms with Gasteiger partial charge in [-0.1, -0.05) is 6.07 Å². The first-order chi connectivity index (χ1) is 6.57. The fourth-order valence-electron chi connectivity index (χ4n) is 1.19. The van der Waals surface area contributed by atoms with Crippen molar-refractivity contribution in [3.63, 3.8) is 0 Å². The fourth-order valence-corrected chi connectivity index (χ4v) is 1.19. The molecule has 1 amide bonds. The Kier molecular flexibility index (Phi) is 2.78. The van der Waals surface area contributed by atoms with Gasteiger partial charge in [0.25, 0.3) is 5.69 Å². The molecule has 0 unspecified atom stereocenters. The van der Waals surface area contributed by atoms with E-state index in [9.17, 15) is 14.9 Å². The third kappa shape index (κ3) is 1.69. The standard InChI is InChI=1S/C8H9N3O3/c9-4-6-5(8(10)12)2-1-3-7(6)11(13)14/h1-3H,4,9H2,(H2,10,12). The van der Waals surface area contributed by atoms with E-state index in [0.29, 0.717) is 0 Å². The van der Waals surface area contributed by atoms with Gasteiger partial charge in [-0.05, 0) is 6.07 Å². The summed E-state index contributed by atoms with van der Waals surface area (Å²) in [6, 6.07) is 4.10. The summed E-state index contributed by atoms with van der Waals surface area (Å²) < 4.78 is 0. The Morgan fingerprint density at radius 3 is 2.57 bits per heavy atom.